The molecule has 1 rings (SSSR count). The molecule has 0 spiro atoms. The highest BCUT2D eigenvalue weighted by Gasteiger charge is 2.17. The number of nitrogens with zero attached hydrogens (tertiary/aromatic N) is 3. The molecule has 1 aromatic rings. The zero-order chi connectivity index (χ0) is 10.8. The van der Waals surface area contributed by atoms with Crippen molar-refractivity contribution in [2.45, 2.75) is 27.3 Å². The van der Waals surface area contributed by atoms with Crippen molar-refractivity contribution < 1.29 is 4.42 Å². The van der Waals surface area contributed by atoms with Crippen LogP contribution < -0.4 is 10.6 Å². The Labute approximate surface area is 84.3 Å². The van der Waals surface area contributed by atoms with Crippen LogP contribution >= 0.6 is 0 Å². The third-order valence-corrected chi connectivity index (χ3v) is 1.67. The van der Waals surface area contributed by atoms with Gasteiger partial charge in [-0.05, 0) is 5.41 Å². The number of rotatable bonds is 3. The molecule has 0 atom stereocenters. The van der Waals surface area contributed by atoms with E-state index in [2.05, 4.69) is 31.0 Å². The van der Waals surface area contributed by atoms with Crippen molar-refractivity contribution in [3.8, 4) is 0 Å². The Hall–Kier alpha value is -1.10. The van der Waals surface area contributed by atoms with E-state index in [0.29, 0.717) is 11.9 Å². The lowest BCUT2D eigenvalue weighted by Crippen LogP contribution is -2.29. The standard InChI is InChI=1S/C9H18N4O/c1-9(2,3)6-13(4)8-12-11-7(5-10)14-8/h5-6,10H2,1-4H3. The fourth-order valence-corrected chi connectivity index (χ4v) is 1.26. The molecule has 0 aliphatic rings. The van der Waals surface area contributed by atoms with Gasteiger partial charge >= 0.3 is 6.01 Å². The van der Waals surface area contributed by atoms with Gasteiger partial charge < -0.3 is 15.1 Å². The molecule has 0 radical (unpaired) electrons. The molecule has 0 saturated heterocycles. The zero-order valence-electron chi connectivity index (χ0n) is 9.24. The quantitative estimate of drug-likeness (QED) is 0.785. The van der Waals surface area contributed by atoms with Crippen LogP contribution in [0.5, 0.6) is 0 Å². The molecule has 0 aliphatic carbocycles. The third kappa shape index (κ3) is 2.99. The van der Waals surface area contributed by atoms with Crippen molar-refractivity contribution in [3.05, 3.63) is 5.89 Å². The Balaban J connectivity index is 2.65. The molecule has 0 amide bonds. The first-order chi connectivity index (χ1) is 6.42. The van der Waals surface area contributed by atoms with Crippen molar-refractivity contribution in [3.63, 3.8) is 0 Å². The number of hydrogen-bond acceptors (Lipinski definition) is 5. The Morgan fingerprint density at radius 1 is 1.36 bits per heavy atom. The highest BCUT2D eigenvalue weighted by atomic mass is 16.4. The topological polar surface area (TPSA) is 68.2 Å². The minimum atomic E-state index is 0.200. The van der Waals surface area contributed by atoms with Crippen LogP contribution in [0.4, 0.5) is 6.01 Å². The molecule has 5 nitrogen and oxygen atoms in total. The van der Waals surface area contributed by atoms with E-state index in [1.165, 1.54) is 0 Å². The van der Waals surface area contributed by atoms with E-state index in [4.69, 9.17) is 10.2 Å². The molecule has 1 aromatic heterocycles. The summed E-state index contributed by atoms with van der Waals surface area (Å²) >= 11 is 0. The van der Waals surface area contributed by atoms with Crippen LogP contribution in [-0.4, -0.2) is 23.8 Å². The minimum Gasteiger partial charge on any atom is -0.407 e. The summed E-state index contributed by atoms with van der Waals surface area (Å²) in [5, 5.41) is 7.70. The predicted octanol–water partition coefficient (Wildman–Crippen LogP) is 1.01. The molecule has 0 bridgehead atoms. The lowest BCUT2D eigenvalue weighted by molar-refractivity contribution is 0.399. The largest absolute Gasteiger partial charge is 0.407 e. The molecule has 0 aliphatic heterocycles. The summed E-state index contributed by atoms with van der Waals surface area (Å²) in [6.07, 6.45) is 0. The second kappa shape index (κ2) is 3.96. The third-order valence-electron chi connectivity index (χ3n) is 1.67. The maximum Gasteiger partial charge on any atom is 0.317 e. The van der Waals surface area contributed by atoms with Gasteiger partial charge in [0.2, 0.25) is 5.89 Å². The molecule has 0 saturated carbocycles. The monoisotopic (exact) mass is 198 g/mol. The fraction of sp³-hybridized carbons (Fsp3) is 0.778. The first kappa shape index (κ1) is 11.0. The van der Waals surface area contributed by atoms with Crippen molar-refractivity contribution in [1.29, 1.82) is 0 Å². The number of hydrogen-bond donors (Lipinski definition) is 1. The molecular weight excluding hydrogens is 180 g/mol. The minimum absolute atomic E-state index is 0.200. The molecule has 2 N–H and O–H groups in total. The summed E-state index contributed by atoms with van der Waals surface area (Å²) in [4.78, 5) is 1.94. The van der Waals surface area contributed by atoms with Gasteiger partial charge in [0.1, 0.15) is 0 Å². The molecule has 0 unspecified atom stereocenters. The summed E-state index contributed by atoms with van der Waals surface area (Å²) < 4.78 is 5.32. The van der Waals surface area contributed by atoms with Crippen LogP contribution in [-0.2, 0) is 6.54 Å². The second-order valence-electron chi connectivity index (χ2n) is 4.60. The normalized spacial score (nSPS) is 11.8. The fourth-order valence-electron chi connectivity index (χ4n) is 1.26. The summed E-state index contributed by atoms with van der Waals surface area (Å²) in [6, 6.07) is 0.528. The Kier molecular flexibility index (Phi) is 3.10. The van der Waals surface area contributed by atoms with Gasteiger partial charge in [-0.1, -0.05) is 25.9 Å². The highest BCUT2D eigenvalue weighted by Crippen LogP contribution is 2.18. The molecule has 0 fully saturated rings. The first-order valence-electron chi connectivity index (χ1n) is 4.66. The predicted molar refractivity (Wildman–Crippen MR) is 54.9 cm³/mol. The van der Waals surface area contributed by atoms with Crippen LogP contribution in [0.3, 0.4) is 0 Å². The Morgan fingerprint density at radius 2 is 2.00 bits per heavy atom. The number of nitrogens with two attached hydrogens (primary N) is 1. The van der Waals surface area contributed by atoms with Gasteiger partial charge in [0.15, 0.2) is 0 Å². The number of aromatic nitrogens is 2. The van der Waals surface area contributed by atoms with Gasteiger partial charge in [-0.15, -0.1) is 5.10 Å². The van der Waals surface area contributed by atoms with Crippen LogP contribution in [0.15, 0.2) is 4.42 Å². The van der Waals surface area contributed by atoms with E-state index >= 15 is 0 Å². The smallest absolute Gasteiger partial charge is 0.317 e. The summed E-state index contributed by atoms with van der Waals surface area (Å²) in [5.41, 5.74) is 5.58. The van der Waals surface area contributed by atoms with E-state index in [9.17, 15) is 0 Å². The van der Waals surface area contributed by atoms with Crippen molar-refractivity contribution in [2.24, 2.45) is 11.1 Å². The van der Waals surface area contributed by atoms with Gasteiger partial charge in [0.25, 0.3) is 0 Å². The van der Waals surface area contributed by atoms with Crippen molar-refractivity contribution in [1.82, 2.24) is 10.2 Å². The number of anilines is 1. The molecule has 14 heavy (non-hydrogen) atoms. The molecular formula is C9H18N4O. The van der Waals surface area contributed by atoms with Gasteiger partial charge in [-0.25, -0.2) is 0 Å². The lowest BCUT2D eigenvalue weighted by atomic mass is 9.96. The van der Waals surface area contributed by atoms with Crippen LogP contribution in [0.2, 0.25) is 0 Å². The van der Waals surface area contributed by atoms with Gasteiger partial charge in [-0.3, -0.25) is 0 Å². The van der Waals surface area contributed by atoms with Gasteiger partial charge in [0, 0.05) is 13.6 Å². The summed E-state index contributed by atoms with van der Waals surface area (Å²) in [7, 11) is 1.93. The second-order valence-corrected chi connectivity index (χ2v) is 4.60. The maximum atomic E-state index is 5.38. The van der Waals surface area contributed by atoms with E-state index in [-0.39, 0.29) is 12.0 Å². The zero-order valence-corrected chi connectivity index (χ0v) is 9.24. The average Bonchev–Trinajstić information content (AvgIpc) is 2.48. The maximum absolute atomic E-state index is 5.38. The lowest BCUT2D eigenvalue weighted by Gasteiger charge is -2.24. The highest BCUT2D eigenvalue weighted by molar-refractivity contribution is 5.22. The molecule has 80 valence electrons. The van der Waals surface area contributed by atoms with E-state index in [1.54, 1.807) is 0 Å². The first-order valence-corrected chi connectivity index (χ1v) is 4.66. The van der Waals surface area contributed by atoms with Gasteiger partial charge in [0.05, 0.1) is 6.54 Å². The molecule has 0 aromatic carbocycles. The van der Waals surface area contributed by atoms with E-state index in [1.807, 2.05) is 11.9 Å². The van der Waals surface area contributed by atoms with Crippen molar-refractivity contribution >= 4 is 6.01 Å². The van der Waals surface area contributed by atoms with Crippen LogP contribution in [0.1, 0.15) is 26.7 Å². The molecule has 5 heteroatoms. The van der Waals surface area contributed by atoms with Crippen LogP contribution in [0.25, 0.3) is 0 Å². The SMILES string of the molecule is CN(CC(C)(C)C)c1nnc(CN)o1. The summed E-state index contributed by atoms with van der Waals surface area (Å²) in [5.74, 6) is 0.473. The van der Waals surface area contributed by atoms with Crippen LogP contribution in [0, 0.1) is 5.41 Å². The van der Waals surface area contributed by atoms with E-state index in [0.717, 1.165) is 6.54 Å². The Bertz CT molecular complexity index is 289. The average molecular weight is 198 g/mol. The van der Waals surface area contributed by atoms with E-state index < -0.39 is 0 Å². The van der Waals surface area contributed by atoms with Crippen molar-refractivity contribution in [2.75, 3.05) is 18.5 Å². The Morgan fingerprint density at radius 3 is 2.43 bits per heavy atom. The summed E-state index contributed by atoms with van der Waals surface area (Å²) in [6.45, 7) is 7.62. The molecule has 1 heterocycles. The van der Waals surface area contributed by atoms with Gasteiger partial charge in [-0.2, -0.15) is 0 Å².